The smallest absolute Gasteiger partial charge is 0.0773 e. The SMILES string of the molecule is CCc1ccc(CC(NN)c2snnc2C)cc1. The highest BCUT2D eigenvalue weighted by Crippen LogP contribution is 2.23. The highest BCUT2D eigenvalue weighted by atomic mass is 32.1. The summed E-state index contributed by atoms with van der Waals surface area (Å²) in [5, 5.41) is 4.03. The van der Waals surface area contributed by atoms with Crippen molar-refractivity contribution in [1.29, 1.82) is 0 Å². The van der Waals surface area contributed by atoms with Gasteiger partial charge in [-0.15, -0.1) is 5.10 Å². The number of benzene rings is 1. The van der Waals surface area contributed by atoms with Crippen LogP contribution in [0.2, 0.25) is 0 Å². The van der Waals surface area contributed by atoms with Gasteiger partial charge in [0.1, 0.15) is 0 Å². The molecule has 5 heteroatoms. The molecule has 0 amide bonds. The van der Waals surface area contributed by atoms with Crippen molar-refractivity contribution in [2.45, 2.75) is 32.7 Å². The lowest BCUT2D eigenvalue weighted by atomic mass is 10.0. The molecule has 0 saturated carbocycles. The third-order valence-corrected chi connectivity index (χ3v) is 4.02. The summed E-state index contributed by atoms with van der Waals surface area (Å²) in [6.07, 6.45) is 1.92. The first-order valence-electron chi connectivity index (χ1n) is 6.07. The van der Waals surface area contributed by atoms with E-state index in [9.17, 15) is 0 Å². The molecule has 0 aliphatic heterocycles. The molecule has 2 aromatic rings. The summed E-state index contributed by atoms with van der Waals surface area (Å²) in [5.74, 6) is 5.64. The standard InChI is InChI=1S/C13H18N4S/c1-3-10-4-6-11(7-5-10)8-12(15-14)13-9(2)16-17-18-13/h4-7,12,15H,3,8,14H2,1-2H3. The third-order valence-electron chi connectivity index (χ3n) is 3.08. The van der Waals surface area contributed by atoms with Crippen molar-refractivity contribution in [1.82, 2.24) is 15.0 Å². The molecule has 0 spiro atoms. The number of hydrogen-bond donors (Lipinski definition) is 2. The number of rotatable bonds is 5. The van der Waals surface area contributed by atoms with Gasteiger partial charge in [0.05, 0.1) is 16.6 Å². The van der Waals surface area contributed by atoms with Gasteiger partial charge in [-0.1, -0.05) is 35.7 Å². The minimum Gasteiger partial charge on any atom is -0.271 e. The molecule has 4 nitrogen and oxygen atoms in total. The van der Waals surface area contributed by atoms with E-state index in [2.05, 4.69) is 46.2 Å². The first-order valence-corrected chi connectivity index (χ1v) is 6.84. The van der Waals surface area contributed by atoms with E-state index in [1.54, 1.807) is 0 Å². The van der Waals surface area contributed by atoms with E-state index in [-0.39, 0.29) is 6.04 Å². The molecule has 1 unspecified atom stereocenters. The molecule has 2 rings (SSSR count). The Kier molecular flexibility index (Phi) is 4.41. The summed E-state index contributed by atoms with van der Waals surface area (Å²) >= 11 is 1.41. The Morgan fingerprint density at radius 3 is 2.44 bits per heavy atom. The van der Waals surface area contributed by atoms with Gasteiger partial charge < -0.3 is 0 Å². The molecule has 1 aromatic carbocycles. The first-order chi connectivity index (χ1) is 8.74. The summed E-state index contributed by atoms with van der Waals surface area (Å²) < 4.78 is 3.96. The van der Waals surface area contributed by atoms with Gasteiger partial charge in [0.2, 0.25) is 0 Å². The van der Waals surface area contributed by atoms with Crippen LogP contribution in [0.3, 0.4) is 0 Å². The predicted molar refractivity (Wildman–Crippen MR) is 74.2 cm³/mol. The Morgan fingerprint density at radius 2 is 1.94 bits per heavy atom. The van der Waals surface area contributed by atoms with Gasteiger partial charge in [0, 0.05) is 0 Å². The summed E-state index contributed by atoms with van der Waals surface area (Å²) in [6, 6.07) is 8.74. The maximum absolute atomic E-state index is 5.64. The number of nitrogens with zero attached hydrogens (tertiary/aromatic N) is 2. The van der Waals surface area contributed by atoms with E-state index in [1.807, 2.05) is 6.92 Å². The van der Waals surface area contributed by atoms with Crippen molar-refractivity contribution in [3.8, 4) is 0 Å². The molecule has 1 aromatic heterocycles. The second-order valence-electron chi connectivity index (χ2n) is 4.32. The lowest BCUT2D eigenvalue weighted by Crippen LogP contribution is -2.29. The molecule has 0 fully saturated rings. The summed E-state index contributed by atoms with van der Waals surface area (Å²) in [4.78, 5) is 1.11. The van der Waals surface area contributed by atoms with E-state index in [4.69, 9.17) is 5.84 Å². The number of nitrogens with two attached hydrogens (primary N) is 1. The molecule has 1 heterocycles. The quantitative estimate of drug-likeness (QED) is 0.640. The third kappa shape index (κ3) is 2.93. The normalized spacial score (nSPS) is 12.6. The largest absolute Gasteiger partial charge is 0.271 e. The van der Waals surface area contributed by atoms with Gasteiger partial charge >= 0.3 is 0 Å². The van der Waals surface area contributed by atoms with Crippen molar-refractivity contribution >= 4 is 11.5 Å². The Morgan fingerprint density at radius 1 is 1.28 bits per heavy atom. The van der Waals surface area contributed by atoms with Crippen LogP contribution in [-0.2, 0) is 12.8 Å². The fourth-order valence-electron chi connectivity index (χ4n) is 1.93. The molecule has 96 valence electrons. The van der Waals surface area contributed by atoms with Crippen LogP contribution in [0.25, 0.3) is 0 Å². The molecule has 0 saturated heterocycles. The van der Waals surface area contributed by atoms with Crippen molar-refractivity contribution in [3.63, 3.8) is 0 Å². The van der Waals surface area contributed by atoms with Crippen LogP contribution < -0.4 is 11.3 Å². The molecule has 0 bridgehead atoms. The average molecular weight is 262 g/mol. The van der Waals surface area contributed by atoms with E-state index in [1.165, 1.54) is 22.7 Å². The zero-order valence-corrected chi connectivity index (χ0v) is 11.5. The monoisotopic (exact) mass is 262 g/mol. The van der Waals surface area contributed by atoms with Crippen LogP contribution in [0, 0.1) is 6.92 Å². The Labute approximate surface area is 111 Å². The minimum atomic E-state index is 0.0810. The second-order valence-corrected chi connectivity index (χ2v) is 5.10. The van der Waals surface area contributed by atoms with Crippen molar-refractivity contribution in [2.75, 3.05) is 0 Å². The van der Waals surface area contributed by atoms with Gasteiger partial charge in [-0.3, -0.25) is 11.3 Å². The molecule has 18 heavy (non-hydrogen) atoms. The van der Waals surface area contributed by atoms with Gasteiger partial charge in [-0.2, -0.15) is 0 Å². The highest BCUT2D eigenvalue weighted by molar-refractivity contribution is 7.05. The zero-order chi connectivity index (χ0) is 13.0. The predicted octanol–water partition coefficient (Wildman–Crippen LogP) is 2.16. The van der Waals surface area contributed by atoms with Crippen molar-refractivity contribution < 1.29 is 0 Å². The lowest BCUT2D eigenvalue weighted by molar-refractivity contribution is 0.557. The summed E-state index contributed by atoms with van der Waals surface area (Å²) in [7, 11) is 0. The first kappa shape index (κ1) is 13.1. The van der Waals surface area contributed by atoms with E-state index < -0.39 is 0 Å². The van der Waals surface area contributed by atoms with Crippen molar-refractivity contribution in [3.05, 3.63) is 46.0 Å². The van der Waals surface area contributed by atoms with Crippen LogP contribution in [0.4, 0.5) is 0 Å². The molecule has 0 radical (unpaired) electrons. The number of nitrogens with one attached hydrogen (secondary N) is 1. The maximum atomic E-state index is 5.64. The van der Waals surface area contributed by atoms with Gasteiger partial charge in [-0.25, -0.2) is 0 Å². The molecular formula is C13H18N4S. The summed E-state index contributed by atoms with van der Waals surface area (Å²) in [6.45, 7) is 4.12. The number of hydrazine groups is 1. The van der Waals surface area contributed by atoms with E-state index >= 15 is 0 Å². The molecule has 0 aliphatic rings. The van der Waals surface area contributed by atoms with Crippen LogP contribution in [-0.4, -0.2) is 9.59 Å². The van der Waals surface area contributed by atoms with Crippen LogP contribution in [0.1, 0.15) is 34.7 Å². The summed E-state index contributed by atoms with van der Waals surface area (Å²) in [5.41, 5.74) is 6.42. The fraction of sp³-hybridized carbons (Fsp3) is 0.385. The Bertz CT molecular complexity index is 492. The second kappa shape index (κ2) is 6.04. The topological polar surface area (TPSA) is 63.8 Å². The average Bonchev–Trinajstić information content (AvgIpc) is 2.83. The Balaban J connectivity index is 2.13. The number of aryl methyl sites for hydroxylation is 2. The number of hydrogen-bond acceptors (Lipinski definition) is 5. The lowest BCUT2D eigenvalue weighted by Gasteiger charge is -2.14. The van der Waals surface area contributed by atoms with Crippen LogP contribution in [0.15, 0.2) is 24.3 Å². The maximum Gasteiger partial charge on any atom is 0.0773 e. The Hall–Kier alpha value is -1.30. The molecule has 1 atom stereocenters. The van der Waals surface area contributed by atoms with Crippen LogP contribution in [0.5, 0.6) is 0 Å². The minimum absolute atomic E-state index is 0.0810. The fourth-order valence-corrected chi connectivity index (χ4v) is 2.63. The number of aromatic nitrogens is 2. The van der Waals surface area contributed by atoms with E-state index in [0.717, 1.165) is 23.4 Å². The molecule has 3 N–H and O–H groups in total. The molecular weight excluding hydrogens is 244 g/mol. The van der Waals surface area contributed by atoms with Gasteiger partial charge in [-0.05, 0) is 42.4 Å². The van der Waals surface area contributed by atoms with E-state index in [0.29, 0.717) is 0 Å². The van der Waals surface area contributed by atoms with Gasteiger partial charge in [0.25, 0.3) is 0 Å². The zero-order valence-electron chi connectivity index (χ0n) is 10.7. The molecule has 0 aliphatic carbocycles. The highest BCUT2D eigenvalue weighted by Gasteiger charge is 2.16. The van der Waals surface area contributed by atoms with Crippen LogP contribution >= 0.6 is 11.5 Å². The van der Waals surface area contributed by atoms with Crippen molar-refractivity contribution in [2.24, 2.45) is 5.84 Å². The van der Waals surface area contributed by atoms with Gasteiger partial charge in [0.15, 0.2) is 0 Å².